The highest BCUT2D eigenvalue weighted by atomic mass is 19.1. The molecule has 2 atom stereocenters. The van der Waals surface area contributed by atoms with Crippen LogP contribution < -0.4 is 5.32 Å². The first-order chi connectivity index (χ1) is 5.33. The summed E-state index contributed by atoms with van der Waals surface area (Å²) in [7, 11) is 1.78. The fraction of sp³-hybridized carbons (Fsp3) is 1.00. The van der Waals surface area contributed by atoms with Gasteiger partial charge in [-0.25, -0.2) is 4.39 Å². The SMILES string of the molecule is CNC[C@H](F)C[C@H]1CCOC1. The molecule has 0 aromatic rings. The molecule has 0 aromatic heterocycles. The molecule has 0 unspecified atom stereocenters. The summed E-state index contributed by atoms with van der Waals surface area (Å²) >= 11 is 0. The molecule has 0 amide bonds. The zero-order valence-corrected chi connectivity index (χ0v) is 6.98. The van der Waals surface area contributed by atoms with E-state index in [0.29, 0.717) is 18.9 Å². The predicted molar refractivity (Wildman–Crippen MR) is 42.4 cm³/mol. The third-order valence-electron chi connectivity index (χ3n) is 2.04. The lowest BCUT2D eigenvalue weighted by molar-refractivity contribution is 0.173. The smallest absolute Gasteiger partial charge is 0.113 e. The highest BCUT2D eigenvalue weighted by Crippen LogP contribution is 2.18. The van der Waals surface area contributed by atoms with Crippen molar-refractivity contribution in [3.05, 3.63) is 0 Å². The summed E-state index contributed by atoms with van der Waals surface area (Å²) in [5, 5.41) is 2.83. The summed E-state index contributed by atoms with van der Waals surface area (Å²) in [4.78, 5) is 0. The number of halogens is 1. The van der Waals surface area contributed by atoms with Crippen LogP contribution in [-0.2, 0) is 4.74 Å². The van der Waals surface area contributed by atoms with Crippen molar-refractivity contribution >= 4 is 0 Å². The molecule has 0 aromatic carbocycles. The summed E-state index contributed by atoms with van der Waals surface area (Å²) in [5.74, 6) is 0.457. The maximum Gasteiger partial charge on any atom is 0.113 e. The summed E-state index contributed by atoms with van der Waals surface area (Å²) in [5.41, 5.74) is 0. The van der Waals surface area contributed by atoms with Crippen molar-refractivity contribution in [2.75, 3.05) is 26.8 Å². The fourth-order valence-corrected chi connectivity index (χ4v) is 1.44. The summed E-state index contributed by atoms with van der Waals surface area (Å²) in [6.45, 7) is 2.04. The molecule has 0 saturated carbocycles. The van der Waals surface area contributed by atoms with Crippen molar-refractivity contribution in [3.63, 3.8) is 0 Å². The molecule has 0 spiro atoms. The number of ether oxygens (including phenoxy) is 1. The van der Waals surface area contributed by atoms with E-state index in [2.05, 4.69) is 5.32 Å². The molecular weight excluding hydrogens is 145 g/mol. The molecule has 66 valence electrons. The molecule has 0 aliphatic carbocycles. The number of alkyl halides is 1. The average Bonchev–Trinajstić information content (AvgIpc) is 2.40. The topological polar surface area (TPSA) is 21.3 Å². The third kappa shape index (κ3) is 3.16. The lowest BCUT2D eigenvalue weighted by atomic mass is 10.0. The van der Waals surface area contributed by atoms with Gasteiger partial charge in [-0.3, -0.25) is 0 Å². The maximum atomic E-state index is 12.9. The minimum atomic E-state index is -0.702. The lowest BCUT2D eigenvalue weighted by Crippen LogP contribution is -2.22. The van der Waals surface area contributed by atoms with Gasteiger partial charge in [0.15, 0.2) is 0 Å². The van der Waals surface area contributed by atoms with E-state index < -0.39 is 6.17 Å². The van der Waals surface area contributed by atoms with Crippen LogP contribution in [0.4, 0.5) is 4.39 Å². The lowest BCUT2D eigenvalue weighted by Gasteiger charge is -2.10. The van der Waals surface area contributed by atoms with Crippen LogP contribution in [-0.4, -0.2) is 33.0 Å². The van der Waals surface area contributed by atoms with Crippen molar-refractivity contribution in [1.29, 1.82) is 0 Å². The fourth-order valence-electron chi connectivity index (χ4n) is 1.44. The zero-order chi connectivity index (χ0) is 8.10. The van der Waals surface area contributed by atoms with Crippen LogP contribution in [0.2, 0.25) is 0 Å². The molecule has 1 rings (SSSR count). The van der Waals surface area contributed by atoms with E-state index in [1.165, 1.54) is 0 Å². The Morgan fingerprint density at radius 2 is 2.55 bits per heavy atom. The second-order valence-corrected chi connectivity index (χ2v) is 3.12. The van der Waals surface area contributed by atoms with Gasteiger partial charge in [-0.05, 0) is 25.8 Å². The molecule has 0 radical (unpaired) electrons. The Kier molecular flexibility index (Phi) is 3.80. The summed E-state index contributed by atoms with van der Waals surface area (Å²) < 4.78 is 18.1. The van der Waals surface area contributed by atoms with Crippen molar-refractivity contribution in [2.24, 2.45) is 5.92 Å². The molecule has 1 fully saturated rings. The number of rotatable bonds is 4. The Labute approximate surface area is 67.1 Å². The minimum absolute atomic E-state index is 0.457. The molecule has 0 bridgehead atoms. The number of hydrogen-bond acceptors (Lipinski definition) is 2. The van der Waals surface area contributed by atoms with E-state index in [1.54, 1.807) is 7.05 Å². The van der Waals surface area contributed by atoms with Crippen LogP contribution in [0.1, 0.15) is 12.8 Å². The molecule has 11 heavy (non-hydrogen) atoms. The normalized spacial score (nSPS) is 27.3. The van der Waals surface area contributed by atoms with Gasteiger partial charge in [-0.2, -0.15) is 0 Å². The van der Waals surface area contributed by atoms with Crippen LogP contribution in [0.25, 0.3) is 0 Å². The minimum Gasteiger partial charge on any atom is -0.381 e. The van der Waals surface area contributed by atoms with Gasteiger partial charge in [0.25, 0.3) is 0 Å². The Morgan fingerprint density at radius 1 is 1.73 bits per heavy atom. The standard InChI is InChI=1S/C8H16FNO/c1-10-5-8(9)4-7-2-3-11-6-7/h7-8,10H,2-6H2,1H3/t7-,8-/m1/s1. The predicted octanol–water partition coefficient (Wildman–Crippen LogP) is 0.970. The van der Waals surface area contributed by atoms with Gasteiger partial charge in [0.05, 0.1) is 0 Å². The molecule has 1 aliphatic rings. The molecule has 1 saturated heterocycles. The second kappa shape index (κ2) is 4.67. The Balaban J connectivity index is 2.08. The highest BCUT2D eigenvalue weighted by Gasteiger charge is 2.19. The maximum absolute atomic E-state index is 12.9. The van der Waals surface area contributed by atoms with E-state index in [0.717, 1.165) is 19.6 Å². The molecule has 3 heteroatoms. The summed E-state index contributed by atoms with van der Waals surface area (Å²) in [6.07, 6.45) is 0.983. The third-order valence-corrected chi connectivity index (χ3v) is 2.04. The molecule has 2 nitrogen and oxygen atoms in total. The van der Waals surface area contributed by atoms with Gasteiger partial charge in [0, 0.05) is 19.8 Å². The van der Waals surface area contributed by atoms with Crippen molar-refractivity contribution in [2.45, 2.75) is 19.0 Å². The number of nitrogens with one attached hydrogen (secondary N) is 1. The van der Waals surface area contributed by atoms with Crippen LogP contribution >= 0.6 is 0 Å². The van der Waals surface area contributed by atoms with E-state index in [1.807, 2.05) is 0 Å². The summed E-state index contributed by atoms with van der Waals surface area (Å²) in [6, 6.07) is 0. The van der Waals surface area contributed by atoms with Crippen molar-refractivity contribution in [3.8, 4) is 0 Å². The van der Waals surface area contributed by atoms with E-state index in [9.17, 15) is 4.39 Å². The monoisotopic (exact) mass is 161 g/mol. The second-order valence-electron chi connectivity index (χ2n) is 3.12. The van der Waals surface area contributed by atoms with Crippen molar-refractivity contribution in [1.82, 2.24) is 5.32 Å². The Bertz CT molecular complexity index is 104. The quantitative estimate of drug-likeness (QED) is 0.663. The van der Waals surface area contributed by atoms with Crippen LogP contribution in [0, 0.1) is 5.92 Å². The largest absolute Gasteiger partial charge is 0.381 e. The van der Waals surface area contributed by atoms with E-state index in [4.69, 9.17) is 4.74 Å². The Morgan fingerprint density at radius 3 is 3.09 bits per heavy atom. The van der Waals surface area contributed by atoms with E-state index >= 15 is 0 Å². The Hall–Kier alpha value is -0.150. The molecule has 1 aliphatic heterocycles. The van der Waals surface area contributed by atoms with Crippen LogP contribution in [0.3, 0.4) is 0 Å². The van der Waals surface area contributed by atoms with E-state index in [-0.39, 0.29) is 0 Å². The molecule has 1 N–H and O–H groups in total. The van der Waals surface area contributed by atoms with Crippen molar-refractivity contribution < 1.29 is 9.13 Å². The number of hydrogen-bond donors (Lipinski definition) is 1. The first kappa shape index (κ1) is 8.94. The highest BCUT2D eigenvalue weighted by molar-refractivity contribution is 4.69. The van der Waals surface area contributed by atoms with Crippen LogP contribution in [0.15, 0.2) is 0 Å². The molecule has 1 heterocycles. The average molecular weight is 161 g/mol. The van der Waals surface area contributed by atoms with Gasteiger partial charge >= 0.3 is 0 Å². The van der Waals surface area contributed by atoms with Gasteiger partial charge in [0.2, 0.25) is 0 Å². The molecular formula is C8H16FNO. The van der Waals surface area contributed by atoms with Gasteiger partial charge in [0.1, 0.15) is 6.17 Å². The zero-order valence-electron chi connectivity index (χ0n) is 6.98. The van der Waals surface area contributed by atoms with Gasteiger partial charge in [-0.1, -0.05) is 0 Å². The first-order valence-electron chi connectivity index (χ1n) is 4.19. The van der Waals surface area contributed by atoms with Gasteiger partial charge in [-0.15, -0.1) is 0 Å². The first-order valence-corrected chi connectivity index (χ1v) is 4.19. The van der Waals surface area contributed by atoms with Gasteiger partial charge < -0.3 is 10.1 Å². The van der Waals surface area contributed by atoms with Crippen LogP contribution in [0.5, 0.6) is 0 Å².